The highest BCUT2D eigenvalue weighted by Crippen LogP contribution is 2.36. The Labute approximate surface area is 229 Å². The van der Waals surface area contributed by atoms with E-state index in [-0.39, 0.29) is 5.91 Å². The second kappa shape index (κ2) is 10.9. The van der Waals surface area contributed by atoms with Crippen LogP contribution in [0.3, 0.4) is 0 Å². The van der Waals surface area contributed by atoms with E-state index in [0.29, 0.717) is 41.6 Å². The molecule has 1 aliphatic heterocycles. The number of benzene rings is 2. The van der Waals surface area contributed by atoms with Crippen LogP contribution >= 0.6 is 0 Å². The molecule has 3 heterocycles. The molecule has 1 aliphatic rings. The molecule has 2 N–H and O–H groups in total. The zero-order valence-corrected chi connectivity index (χ0v) is 22.9. The SMILES string of the molecule is Cn1cc(-c2cccc(C(N)=O)c2-c2nc(CCCC(=O)N3CCC(C)(C)CC3)cn2-c2ccccc2)cn1. The van der Waals surface area contributed by atoms with Gasteiger partial charge in [-0.1, -0.05) is 44.2 Å². The van der Waals surface area contributed by atoms with E-state index in [9.17, 15) is 9.59 Å². The molecule has 0 radical (unpaired) electrons. The van der Waals surface area contributed by atoms with Crippen LogP contribution in [0.1, 0.15) is 55.6 Å². The summed E-state index contributed by atoms with van der Waals surface area (Å²) in [6, 6.07) is 15.4. The molecule has 5 rings (SSSR count). The lowest BCUT2D eigenvalue weighted by Crippen LogP contribution is -2.41. The summed E-state index contributed by atoms with van der Waals surface area (Å²) >= 11 is 0. The predicted molar refractivity (Wildman–Crippen MR) is 152 cm³/mol. The van der Waals surface area contributed by atoms with E-state index in [0.717, 1.165) is 48.4 Å². The Morgan fingerprint density at radius 2 is 1.74 bits per heavy atom. The second-order valence-electron chi connectivity index (χ2n) is 11.2. The number of nitrogens with two attached hydrogens (primary N) is 1. The molecule has 39 heavy (non-hydrogen) atoms. The van der Waals surface area contributed by atoms with Crippen molar-refractivity contribution < 1.29 is 9.59 Å². The lowest BCUT2D eigenvalue weighted by molar-refractivity contribution is -0.133. The maximum Gasteiger partial charge on any atom is 0.249 e. The molecule has 202 valence electrons. The number of primary amides is 1. The van der Waals surface area contributed by atoms with Gasteiger partial charge in [0.05, 0.1) is 17.5 Å². The highest BCUT2D eigenvalue weighted by atomic mass is 16.2. The van der Waals surface area contributed by atoms with Gasteiger partial charge < -0.3 is 10.6 Å². The van der Waals surface area contributed by atoms with E-state index in [1.165, 1.54) is 0 Å². The topological polar surface area (TPSA) is 99.0 Å². The fourth-order valence-electron chi connectivity index (χ4n) is 5.25. The minimum absolute atomic E-state index is 0.214. The van der Waals surface area contributed by atoms with E-state index < -0.39 is 5.91 Å². The Kier molecular flexibility index (Phi) is 7.37. The Morgan fingerprint density at radius 1 is 1.00 bits per heavy atom. The van der Waals surface area contributed by atoms with Crippen LogP contribution in [0.2, 0.25) is 0 Å². The fourth-order valence-corrected chi connectivity index (χ4v) is 5.25. The predicted octanol–water partition coefficient (Wildman–Crippen LogP) is 5.01. The number of carbonyl (C=O) groups is 2. The van der Waals surface area contributed by atoms with Crippen molar-refractivity contribution in [1.29, 1.82) is 0 Å². The summed E-state index contributed by atoms with van der Waals surface area (Å²) in [5.41, 5.74) is 10.7. The summed E-state index contributed by atoms with van der Waals surface area (Å²) in [7, 11) is 1.86. The zero-order chi connectivity index (χ0) is 27.6. The van der Waals surface area contributed by atoms with E-state index in [1.807, 2.05) is 71.4 Å². The van der Waals surface area contributed by atoms with Gasteiger partial charge in [0.15, 0.2) is 0 Å². The number of imidazole rings is 1. The molecule has 0 aliphatic carbocycles. The summed E-state index contributed by atoms with van der Waals surface area (Å²) in [6.07, 6.45) is 9.62. The molecule has 1 saturated heterocycles. The molecule has 0 saturated carbocycles. The van der Waals surface area contributed by atoms with Crippen molar-refractivity contribution in [3.8, 4) is 28.2 Å². The largest absolute Gasteiger partial charge is 0.366 e. The number of nitrogens with zero attached hydrogens (tertiary/aromatic N) is 5. The first-order valence-electron chi connectivity index (χ1n) is 13.6. The van der Waals surface area contributed by atoms with Crippen molar-refractivity contribution in [3.05, 3.63) is 78.4 Å². The first-order chi connectivity index (χ1) is 18.7. The Hall–Kier alpha value is -4.20. The van der Waals surface area contributed by atoms with Crippen LogP contribution in [0.25, 0.3) is 28.2 Å². The third kappa shape index (κ3) is 5.79. The number of likely N-dealkylation sites (tertiary alicyclic amines) is 1. The highest BCUT2D eigenvalue weighted by molar-refractivity contribution is 6.03. The third-order valence-electron chi connectivity index (χ3n) is 7.65. The van der Waals surface area contributed by atoms with Crippen LogP contribution in [0.4, 0.5) is 0 Å². The molecule has 8 heteroatoms. The van der Waals surface area contributed by atoms with Crippen LogP contribution in [-0.2, 0) is 18.3 Å². The number of piperidine rings is 1. The van der Waals surface area contributed by atoms with E-state index in [4.69, 9.17) is 10.7 Å². The maximum absolute atomic E-state index is 12.9. The zero-order valence-electron chi connectivity index (χ0n) is 22.9. The molecule has 2 aromatic heterocycles. The van der Waals surface area contributed by atoms with Gasteiger partial charge in [0.25, 0.3) is 0 Å². The molecule has 4 aromatic rings. The molecular formula is C31H36N6O2. The molecule has 2 aromatic carbocycles. The summed E-state index contributed by atoms with van der Waals surface area (Å²) in [6.45, 7) is 6.20. The second-order valence-corrected chi connectivity index (χ2v) is 11.2. The lowest BCUT2D eigenvalue weighted by Gasteiger charge is -2.37. The average molecular weight is 525 g/mol. The van der Waals surface area contributed by atoms with Crippen molar-refractivity contribution in [1.82, 2.24) is 24.2 Å². The van der Waals surface area contributed by atoms with Gasteiger partial charge in [-0.3, -0.25) is 18.8 Å². The maximum atomic E-state index is 12.9. The summed E-state index contributed by atoms with van der Waals surface area (Å²) in [5, 5.41) is 4.33. The number of hydrogen-bond donors (Lipinski definition) is 1. The number of aromatic nitrogens is 4. The molecule has 0 unspecified atom stereocenters. The number of carbonyl (C=O) groups excluding carboxylic acids is 2. The molecule has 0 spiro atoms. The van der Waals surface area contributed by atoms with E-state index in [2.05, 4.69) is 18.9 Å². The Bertz CT molecular complexity index is 1470. The van der Waals surface area contributed by atoms with Gasteiger partial charge in [-0.15, -0.1) is 0 Å². The van der Waals surface area contributed by atoms with Crippen molar-refractivity contribution >= 4 is 11.8 Å². The van der Waals surface area contributed by atoms with Crippen molar-refractivity contribution in [2.24, 2.45) is 18.2 Å². The molecule has 1 fully saturated rings. The van der Waals surface area contributed by atoms with Crippen LogP contribution < -0.4 is 5.73 Å². The van der Waals surface area contributed by atoms with Gasteiger partial charge in [-0.05, 0) is 54.9 Å². The van der Waals surface area contributed by atoms with Gasteiger partial charge in [0.2, 0.25) is 11.8 Å². The summed E-state index contributed by atoms with van der Waals surface area (Å²) < 4.78 is 3.73. The number of amides is 2. The van der Waals surface area contributed by atoms with Gasteiger partial charge >= 0.3 is 0 Å². The third-order valence-corrected chi connectivity index (χ3v) is 7.65. The minimum atomic E-state index is -0.518. The highest BCUT2D eigenvalue weighted by Gasteiger charge is 2.28. The summed E-state index contributed by atoms with van der Waals surface area (Å²) in [4.78, 5) is 32.5. The molecule has 0 atom stereocenters. The Morgan fingerprint density at radius 3 is 2.41 bits per heavy atom. The minimum Gasteiger partial charge on any atom is -0.366 e. The molecule has 2 amide bonds. The Balaban J connectivity index is 1.47. The average Bonchev–Trinajstić information content (AvgIpc) is 3.55. The van der Waals surface area contributed by atoms with Crippen LogP contribution in [0.5, 0.6) is 0 Å². The molecule has 0 bridgehead atoms. The standard InChI is InChI=1S/C31H36N6O2/c1-31(2)15-17-36(18-16-31)27(38)14-7-9-23-21-37(24-10-5-4-6-11-24)30(34-23)28-25(22-19-33-35(3)20-22)12-8-13-26(28)29(32)39/h4-6,8,10-13,19-21H,7,9,14-18H2,1-3H3,(H2,32,39). The van der Waals surface area contributed by atoms with Crippen molar-refractivity contribution in [2.45, 2.75) is 46.0 Å². The smallest absolute Gasteiger partial charge is 0.249 e. The number of para-hydroxylation sites is 1. The van der Waals surface area contributed by atoms with Gasteiger partial charge in [0.1, 0.15) is 5.82 Å². The van der Waals surface area contributed by atoms with E-state index >= 15 is 0 Å². The van der Waals surface area contributed by atoms with Gasteiger partial charge in [0, 0.05) is 55.8 Å². The lowest BCUT2D eigenvalue weighted by atomic mass is 9.82. The van der Waals surface area contributed by atoms with Gasteiger partial charge in [-0.2, -0.15) is 5.10 Å². The van der Waals surface area contributed by atoms with E-state index in [1.54, 1.807) is 16.9 Å². The molecular weight excluding hydrogens is 488 g/mol. The van der Waals surface area contributed by atoms with Crippen molar-refractivity contribution in [3.63, 3.8) is 0 Å². The summed E-state index contributed by atoms with van der Waals surface area (Å²) in [5.74, 6) is 0.329. The monoisotopic (exact) mass is 524 g/mol. The molecule has 8 nitrogen and oxygen atoms in total. The number of hydrogen-bond acceptors (Lipinski definition) is 4. The van der Waals surface area contributed by atoms with Crippen LogP contribution in [0, 0.1) is 5.41 Å². The van der Waals surface area contributed by atoms with Gasteiger partial charge in [-0.25, -0.2) is 4.98 Å². The normalized spacial score (nSPS) is 14.9. The first kappa shape index (κ1) is 26.4. The quantitative estimate of drug-likeness (QED) is 0.350. The number of aryl methyl sites for hydroxylation is 2. The number of rotatable bonds is 8. The van der Waals surface area contributed by atoms with Crippen molar-refractivity contribution in [2.75, 3.05) is 13.1 Å². The van der Waals surface area contributed by atoms with Crippen LogP contribution in [0.15, 0.2) is 67.1 Å². The first-order valence-corrected chi connectivity index (χ1v) is 13.6. The van der Waals surface area contributed by atoms with Crippen LogP contribution in [-0.4, -0.2) is 49.1 Å². The fraction of sp³-hybridized carbons (Fsp3) is 0.355.